The van der Waals surface area contributed by atoms with E-state index in [1.807, 2.05) is 54.6 Å². The number of ether oxygens (including phenoxy) is 1. The number of benzene rings is 2. The average molecular weight is 349 g/mol. The molecule has 5 heteroatoms. The third kappa shape index (κ3) is 5.87. The van der Waals surface area contributed by atoms with Crippen molar-refractivity contribution < 1.29 is 9.57 Å². The topological polar surface area (TPSA) is 56.8 Å². The largest absolute Gasteiger partial charge is 0.490 e. The van der Waals surface area contributed by atoms with Gasteiger partial charge in [0.15, 0.2) is 6.61 Å². The Morgan fingerprint density at radius 1 is 1.00 bits per heavy atom. The molecule has 0 aromatic heterocycles. The quantitative estimate of drug-likeness (QED) is 0.361. The Hall–Kier alpha value is -2.01. The first-order chi connectivity index (χ1) is 10.2. The van der Waals surface area contributed by atoms with Crippen LogP contribution in [-0.2, 0) is 11.3 Å². The van der Waals surface area contributed by atoms with E-state index in [-0.39, 0.29) is 0 Å². The van der Waals surface area contributed by atoms with Gasteiger partial charge in [-0.3, -0.25) is 0 Å². The summed E-state index contributed by atoms with van der Waals surface area (Å²) in [7, 11) is 0. The number of amidine groups is 1. The van der Waals surface area contributed by atoms with Crippen LogP contribution in [0.4, 0.5) is 0 Å². The van der Waals surface area contributed by atoms with Gasteiger partial charge in [-0.2, -0.15) is 0 Å². The lowest BCUT2D eigenvalue weighted by atomic mass is 10.1. The van der Waals surface area contributed by atoms with Gasteiger partial charge >= 0.3 is 0 Å². The van der Waals surface area contributed by atoms with E-state index in [1.165, 1.54) is 0 Å². The van der Waals surface area contributed by atoms with Crippen LogP contribution in [0.1, 0.15) is 5.56 Å². The first kappa shape index (κ1) is 15.4. The van der Waals surface area contributed by atoms with E-state index in [2.05, 4.69) is 21.1 Å². The lowest BCUT2D eigenvalue weighted by Crippen LogP contribution is -2.16. The van der Waals surface area contributed by atoms with E-state index in [9.17, 15) is 0 Å². The molecule has 0 saturated carbocycles. The van der Waals surface area contributed by atoms with Crippen LogP contribution in [0.2, 0.25) is 0 Å². The molecule has 0 saturated heterocycles. The molecule has 0 fully saturated rings. The summed E-state index contributed by atoms with van der Waals surface area (Å²) in [5.41, 5.74) is 6.90. The molecule has 2 rings (SSSR count). The van der Waals surface area contributed by atoms with Crippen molar-refractivity contribution in [3.05, 3.63) is 64.6 Å². The van der Waals surface area contributed by atoms with Crippen LogP contribution >= 0.6 is 15.9 Å². The van der Waals surface area contributed by atoms with Crippen molar-refractivity contribution in [1.29, 1.82) is 0 Å². The van der Waals surface area contributed by atoms with Crippen molar-refractivity contribution in [2.75, 3.05) is 13.2 Å². The van der Waals surface area contributed by atoms with E-state index in [1.54, 1.807) is 0 Å². The summed E-state index contributed by atoms with van der Waals surface area (Å²) in [6, 6.07) is 17.5. The van der Waals surface area contributed by atoms with E-state index in [0.717, 1.165) is 15.8 Å². The Morgan fingerprint density at radius 2 is 1.71 bits per heavy atom. The van der Waals surface area contributed by atoms with Crippen molar-refractivity contribution >= 4 is 21.8 Å². The highest BCUT2D eigenvalue weighted by atomic mass is 79.9. The molecule has 0 unspecified atom stereocenters. The Morgan fingerprint density at radius 3 is 2.43 bits per heavy atom. The molecule has 0 radical (unpaired) electrons. The van der Waals surface area contributed by atoms with Gasteiger partial charge in [-0.15, -0.1) is 0 Å². The predicted octanol–water partition coefficient (Wildman–Crippen LogP) is 3.36. The molecule has 4 nitrogen and oxygen atoms in total. The average Bonchev–Trinajstić information content (AvgIpc) is 2.50. The summed E-state index contributed by atoms with van der Waals surface area (Å²) >= 11 is 3.37. The van der Waals surface area contributed by atoms with E-state index >= 15 is 0 Å². The standard InChI is InChI=1S/C16H17BrN2O2/c17-14-6-8-15(9-7-14)20-10-11-21-19-16(18)12-13-4-2-1-3-5-13/h1-9H,10-12H2,(H2,18,19). The predicted molar refractivity (Wildman–Crippen MR) is 87.4 cm³/mol. The fourth-order valence-electron chi connectivity index (χ4n) is 1.69. The van der Waals surface area contributed by atoms with Crippen LogP contribution in [0.5, 0.6) is 5.75 Å². The van der Waals surface area contributed by atoms with Crippen molar-refractivity contribution in [2.45, 2.75) is 6.42 Å². The second-order valence-electron chi connectivity index (χ2n) is 4.38. The van der Waals surface area contributed by atoms with Crippen LogP contribution in [-0.4, -0.2) is 19.0 Å². The van der Waals surface area contributed by atoms with Gasteiger partial charge in [0, 0.05) is 10.9 Å². The van der Waals surface area contributed by atoms with Gasteiger partial charge in [-0.05, 0) is 29.8 Å². The lowest BCUT2D eigenvalue weighted by molar-refractivity contribution is 0.106. The molecule has 0 aliphatic heterocycles. The Labute approximate surface area is 132 Å². The zero-order chi connectivity index (χ0) is 14.9. The summed E-state index contributed by atoms with van der Waals surface area (Å²) in [5, 5.41) is 3.87. The third-order valence-electron chi connectivity index (χ3n) is 2.67. The summed E-state index contributed by atoms with van der Waals surface area (Å²) in [6.07, 6.45) is 0.578. The van der Waals surface area contributed by atoms with Gasteiger partial charge in [0.2, 0.25) is 0 Å². The van der Waals surface area contributed by atoms with E-state index < -0.39 is 0 Å². The van der Waals surface area contributed by atoms with Crippen molar-refractivity contribution in [1.82, 2.24) is 0 Å². The van der Waals surface area contributed by atoms with Crippen molar-refractivity contribution in [2.24, 2.45) is 10.9 Å². The highest BCUT2D eigenvalue weighted by Crippen LogP contribution is 2.15. The molecule has 0 heterocycles. The normalized spacial score (nSPS) is 11.2. The fourth-order valence-corrected chi connectivity index (χ4v) is 1.96. The van der Waals surface area contributed by atoms with Gasteiger partial charge < -0.3 is 15.3 Å². The van der Waals surface area contributed by atoms with Crippen LogP contribution in [0.3, 0.4) is 0 Å². The minimum absolute atomic E-state index is 0.353. The van der Waals surface area contributed by atoms with Crippen LogP contribution in [0, 0.1) is 0 Å². The molecule has 0 amide bonds. The number of nitrogens with two attached hydrogens (primary N) is 1. The molecule has 0 aliphatic carbocycles. The van der Waals surface area contributed by atoms with E-state index in [4.69, 9.17) is 15.3 Å². The smallest absolute Gasteiger partial charge is 0.151 e. The molecular weight excluding hydrogens is 332 g/mol. The maximum absolute atomic E-state index is 5.79. The van der Waals surface area contributed by atoms with Gasteiger partial charge in [0.1, 0.15) is 18.2 Å². The molecule has 2 aromatic carbocycles. The molecule has 0 bridgehead atoms. The third-order valence-corrected chi connectivity index (χ3v) is 3.20. The summed E-state index contributed by atoms with van der Waals surface area (Å²) in [6.45, 7) is 0.773. The zero-order valence-electron chi connectivity index (χ0n) is 11.5. The van der Waals surface area contributed by atoms with Crippen LogP contribution < -0.4 is 10.5 Å². The number of oxime groups is 1. The molecule has 110 valence electrons. The number of nitrogens with zero attached hydrogens (tertiary/aromatic N) is 1. The number of hydrogen-bond donors (Lipinski definition) is 1. The summed E-state index contributed by atoms with van der Waals surface area (Å²) in [5.74, 6) is 1.24. The number of hydrogen-bond acceptors (Lipinski definition) is 3. The van der Waals surface area contributed by atoms with Gasteiger partial charge in [0.25, 0.3) is 0 Å². The maximum Gasteiger partial charge on any atom is 0.151 e. The maximum atomic E-state index is 5.79. The van der Waals surface area contributed by atoms with Crippen molar-refractivity contribution in [3.63, 3.8) is 0 Å². The Bertz CT molecular complexity index is 571. The first-order valence-corrected chi connectivity index (χ1v) is 7.40. The molecule has 2 N–H and O–H groups in total. The minimum Gasteiger partial charge on any atom is -0.490 e. The van der Waals surface area contributed by atoms with Gasteiger partial charge in [0.05, 0.1) is 0 Å². The highest BCUT2D eigenvalue weighted by molar-refractivity contribution is 9.10. The van der Waals surface area contributed by atoms with Crippen molar-refractivity contribution in [3.8, 4) is 5.75 Å². The molecule has 21 heavy (non-hydrogen) atoms. The molecule has 2 aromatic rings. The SMILES string of the molecule is N/C(Cc1ccccc1)=N\OCCOc1ccc(Br)cc1. The molecular formula is C16H17BrN2O2. The number of rotatable bonds is 7. The van der Waals surface area contributed by atoms with Gasteiger partial charge in [-0.25, -0.2) is 0 Å². The first-order valence-electron chi connectivity index (χ1n) is 6.60. The summed E-state index contributed by atoms with van der Waals surface area (Å²) < 4.78 is 6.52. The summed E-state index contributed by atoms with van der Waals surface area (Å²) in [4.78, 5) is 5.14. The second kappa shape index (κ2) is 8.32. The van der Waals surface area contributed by atoms with Gasteiger partial charge in [-0.1, -0.05) is 51.4 Å². The molecule has 0 atom stereocenters. The fraction of sp³-hybridized carbons (Fsp3) is 0.188. The monoisotopic (exact) mass is 348 g/mol. The van der Waals surface area contributed by atoms with E-state index in [0.29, 0.717) is 25.5 Å². The Kier molecular flexibility index (Phi) is 6.09. The van der Waals surface area contributed by atoms with Crippen LogP contribution in [0.15, 0.2) is 64.2 Å². The minimum atomic E-state index is 0.353. The lowest BCUT2D eigenvalue weighted by Gasteiger charge is -2.06. The highest BCUT2D eigenvalue weighted by Gasteiger charge is 1.97. The zero-order valence-corrected chi connectivity index (χ0v) is 13.1. The second-order valence-corrected chi connectivity index (χ2v) is 5.30. The van der Waals surface area contributed by atoms with Crippen LogP contribution in [0.25, 0.3) is 0 Å². The number of halogens is 1. The molecule has 0 spiro atoms. The Balaban J connectivity index is 1.66. The molecule has 0 aliphatic rings.